The molecule has 0 aliphatic carbocycles. The predicted octanol–water partition coefficient (Wildman–Crippen LogP) is 3.55. The first-order valence-corrected chi connectivity index (χ1v) is 11.0. The Bertz CT molecular complexity index is 865. The number of nitrogens with zero attached hydrogens (tertiary/aromatic N) is 1. The topological polar surface area (TPSA) is 66.5 Å². The zero-order valence-corrected chi connectivity index (χ0v) is 17.3. The molecule has 0 saturated carbocycles. The molecule has 0 fully saturated rings. The molecule has 2 aromatic carbocycles. The normalized spacial score (nSPS) is 12.4. The lowest BCUT2D eigenvalue weighted by Gasteiger charge is -2.30. The average molecular weight is 409 g/mol. The number of benzene rings is 2. The Balaban J connectivity index is 2.11. The second-order valence-electron chi connectivity index (χ2n) is 6.49. The third-order valence-corrected chi connectivity index (χ3v) is 5.68. The van der Waals surface area contributed by atoms with Crippen LogP contribution in [0, 0.1) is 6.92 Å². The molecular formula is C20H25ClN2O3S. The van der Waals surface area contributed by atoms with E-state index in [4.69, 9.17) is 11.6 Å². The number of halogens is 1. The first kappa shape index (κ1) is 21.3. The van der Waals surface area contributed by atoms with Crippen LogP contribution in [0.5, 0.6) is 0 Å². The molecule has 0 heterocycles. The van der Waals surface area contributed by atoms with E-state index >= 15 is 0 Å². The summed E-state index contributed by atoms with van der Waals surface area (Å²) >= 11 is 5.87. The lowest BCUT2D eigenvalue weighted by Crippen LogP contribution is -2.49. The van der Waals surface area contributed by atoms with E-state index in [-0.39, 0.29) is 5.91 Å². The minimum absolute atomic E-state index is 0.308. The molecule has 27 heavy (non-hydrogen) atoms. The molecule has 0 radical (unpaired) electrons. The van der Waals surface area contributed by atoms with Gasteiger partial charge < -0.3 is 5.32 Å². The molecule has 1 atom stereocenters. The SMILES string of the molecule is CC[C@H](C(=O)NCCc1ccc(Cl)cc1)N(c1ccc(C)cc1)S(C)(=O)=O. The van der Waals surface area contributed by atoms with Gasteiger partial charge in [-0.3, -0.25) is 9.10 Å². The van der Waals surface area contributed by atoms with Gasteiger partial charge in [-0.25, -0.2) is 8.42 Å². The van der Waals surface area contributed by atoms with Gasteiger partial charge in [0.15, 0.2) is 0 Å². The van der Waals surface area contributed by atoms with E-state index in [1.807, 2.05) is 31.2 Å². The van der Waals surface area contributed by atoms with E-state index < -0.39 is 16.1 Å². The quantitative estimate of drug-likeness (QED) is 0.726. The highest BCUT2D eigenvalue weighted by atomic mass is 35.5. The number of aryl methyl sites for hydroxylation is 1. The number of carbonyl (C=O) groups excluding carboxylic acids is 1. The van der Waals surface area contributed by atoms with Crippen LogP contribution < -0.4 is 9.62 Å². The Morgan fingerprint density at radius 2 is 1.70 bits per heavy atom. The van der Waals surface area contributed by atoms with Crippen molar-refractivity contribution >= 4 is 33.2 Å². The van der Waals surface area contributed by atoms with Crippen molar-refractivity contribution in [3.63, 3.8) is 0 Å². The number of carbonyl (C=O) groups is 1. The largest absolute Gasteiger partial charge is 0.354 e. The molecular weight excluding hydrogens is 384 g/mol. The molecule has 146 valence electrons. The fourth-order valence-corrected chi connectivity index (χ4v) is 4.19. The summed E-state index contributed by atoms with van der Waals surface area (Å²) in [5, 5.41) is 3.52. The average Bonchev–Trinajstić information content (AvgIpc) is 2.61. The molecule has 0 aromatic heterocycles. The Morgan fingerprint density at radius 3 is 2.22 bits per heavy atom. The standard InChI is InChI=1S/C20H25ClN2O3S/c1-4-19(20(24)22-14-13-16-7-9-17(21)10-8-16)23(27(3,25)26)18-11-5-15(2)6-12-18/h5-12,19H,4,13-14H2,1-3H3,(H,22,24)/t19-/m1/s1. The van der Waals surface area contributed by atoms with E-state index in [1.54, 1.807) is 31.2 Å². The highest BCUT2D eigenvalue weighted by molar-refractivity contribution is 7.92. The van der Waals surface area contributed by atoms with Gasteiger partial charge in [-0.1, -0.05) is 48.4 Å². The van der Waals surface area contributed by atoms with Crippen molar-refractivity contribution in [3.8, 4) is 0 Å². The van der Waals surface area contributed by atoms with Crippen LogP contribution in [0.2, 0.25) is 5.02 Å². The van der Waals surface area contributed by atoms with Gasteiger partial charge in [0.05, 0.1) is 11.9 Å². The number of amides is 1. The summed E-state index contributed by atoms with van der Waals surface area (Å²) in [4.78, 5) is 12.7. The van der Waals surface area contributed by atoms with Crippen molar-refractivity contribution in [1.82, 2.24) is 5.32 Å². The second-order valence-corrected chi connectivity index (χ2v) is 8.78. The summed E-state index contributed by atoms with van der Waals surface area (Å²) in [7, 11) is -3.61. The lowest BCUT2D eigenvalue weighted by atomic mass is 10.1. The molecule has 5 nitrogen and oxygen atoms in total. The van der Waals surface area contributed by atoms with E-state index in [2.05, 4.69) is 5.32 Å². The molecule has 0 saturated heterocycles. The molecule has 0 aliphatic heterocycles. The summed E-state index contributed by atoms with van der Waals surface area (Å²) in [6.07, 6.45) is 2.13. The maximum Gasteiger partial charge on any atom is 0.243 e. The monoisotopic (exact) mass is 408 g/mol. The van der Waals surface area contributed by atoms with Gasteiger partial charge >= 0.3 is 0 Å². The van der Waals surface area contributed by atoms with E-state index in [0.717, 1.165) is 17.4 Å². The number of sulfonamides is 1. The summed E-state index contributed by atoms with van der Waals surface area (Å²) in [5.74, 6) is -0.308. The Hall–Kier alpha value is -2.05. The van der Waals surface area contributed by atoms with Crippen molar-refractivity contribution < 1.29 is 13.2 Å². The van der Waals surface area contributed by atoms with Crippen LogP contribution in [-0.4, -0.2) is 33.2 Å². The fraction of sp³-hybridized carbons (Fsp3) is 0.350. The Morgan fingerprint density at radius 1 is 1.11 bits per heavy atom. The number of nitrogens with one attached hydrogen (secondary N) is 1. The Labute approximate surface area is 166 Å². The number of anilines is 1. The highest BCUT2D eigenvalue weighted by Gasteiger charge is 2.31. The minimum Gasteiger partial charge on any atom is -0.354 e. The fourth-order valence-electron chi connectivity index (χ4n) is 2.85. The van der Waals surface area contributed by atoms with Crippen LogP contribution in [0.4, 0.5) is 5.69 Å². The lowest BCUT2D eigenvalue weighted by molar-refractivity contribution is -0.122. The molecule has 7 heteroatoms. The zero-order chi connectivity index (χ0) is 20.0. The van der Waals surface area contributed by atoms with E-state index in [1.165, 1.54) is 4.31 Å². The third-order valence-electron chi connectivity index (χ3n) is 4.24. The minimum atomic E-state index is -3.61. The van der Waals surface area contributed by atoms with Crippen molar-refractivity contribution in [2.24, 2.45) is 0 Å². The predicted molar refractivity (Wildman–Crippen MR) is 111 cm³/mol. The van der Waals surface area contributed by atoms with Gasteiger partial charge in [0.25, 0.3) is 0 Å². The molecule has 0 bridgehead atoms. The molecule has 1 N–H and O–H groups in total. The molecule has 1 amide bonds. The number of hydrogen-bond acceptors (Lipinski definition) is 3. The maximum atomic E-state index is 12.7. The molecule has 0 aliphatic rings. The van der Waals surface area contributed by atoms with Crippen LogP contribution in [0.1, 0.15) is 24.5 Å². The molecule has 0 unspecified atom stereocenters. The maximum absolute atomic E-state index is 12.7. The number of rotatable bonds is 8. The Kier molecular flexibility index (Phi) is 7.27. The van der Waals surface area contributed by atoms with Crippen LogP contribution in [-0.2, 0) is 21.2 Å². The van der Waals surface area contributed by atoms with E-state index in [0.29, 0.717) is 30.1 Å². The third kappa shape index (κ3) is 5.97. The van der Waals surface area contributed by atoms with Crippen LogP contribution in [0.3, 0.4) is 0 Å². The van der Waals surface area contributed by atoms with Crippen molar-refractivity contribution in [2.75, 3.05) is 17.1 Å². The van der Waals surface area contributed by atoms with Gasteiger partial charge in [-0.05, 0) is 49.6 Å². The molecule has 2 aromatic rings. The van der Waals surface area contributed by atoms with E-state index in [9.17, 15) is 13.2 Å². The first-order chi connectivity index (χ1) is 12.7. The van der Waals surface area contributed by atoms with Crippen molar-refractivity contribution in [2.45, 2.75) is 32.7 Å². The van der Waals surface area contributed by atoms with Gasteiger partial charge in [0.2, 0.25) is 15.9 Å². The summed E-state index contributed by atoms with van der Waals surface area (Å²) < 4.78 is 26.0. The first-order valence-electron chi connectivity index (χ1n) is 8.80. The van der Waals surface area contributed by atoms with Crippen LogP contribution >= 0.6 is 11.6 Å². The summed E-state index contributed by atoms with van der Waals surface area (Å²) in [6.45, 7) is 4.15. The van der Waals surface area contributed by atoms with Crippen molar-refractivity contribution in [3.05, 3.63) is 64.7 Å². The highest BCUT2D eigenvalue weighted by Crippen LogP contribution is 2.23. The second kappa shape index (κ2) is 9.24. The number of hydrogen-bond donors (Lipinski definition) is 1. The van der Waals surface area contributed by atoms with Gasteiger partial charge in [-0.2, -0.15) is 0 Å². The van der Waals surface area contributed by atoms with Crippen molar-refractivity contribution in [1.29, 1.82) is 0 Å². The smallest absolute Gasteiger partial charge is 0.243 e. The zero-order valence-electron chi connectivity index (χ0n) is 15.8. The summed E-state index contributed by atoms with van der Waals surface area (Å²) in [5.41, 5.74) is 2.56. The van der Waals surface area contributed by atoms with Crippen LogP contribution in [0.25, 0.3) is 0 Å². The van der Waals surface area contributed by atoms with Gasteiger partial charge in [-0.15, -0.1) is 0 Å². The summed E-state index contributed by atoms with van der Waals surface area (Å²) in [6, 6.07) is 13.7. The molecule has 0 spiro atoms. The van der Waals surface area contributed by atoms with Gasteiger partial charge in [0, 0.05) is 11.6 Å². The van der Waals surface area contributed by atoms with Gasteiger partial charge in [0.1, 0.15) is 6.04 Å². The molecule has 2 rings (SSSR count). The van der Waals surface area contributed by atoms with Crippen LogP contribution in [0.15, 0.2) is 48.5 Å².